The third-order valence-electron chi connectivity index (χ3n) is 18.7. The number of aromatic nitrogens is 8. The first-order chi connectivity index (χ1) is 60.8. The minimum Gasteiger partial charge on any atom is -0.478 e. The lowest BCUT2D eigenvalue weighted by molar-refractivity contribution is 0.0696. The van der Waals surface area contributed by atoms with Gasteiger partial charge < -0.3 is 36.6 Å². The summed E-state index contributed by atoms with van der Waals surface area (Å²) in [7, 11) is 3.76. The summed E-state index contributed by atoms with van der Waals surface area (Å²) in [6.07, 6.45) is 5.64. The fourth-order valence-electron chi connectivity index (χ4n) is 12.1. The quantitative estimate of drug-likeness (QED) is 0.0364. The molecule has 0 aliphatic carbocycles. The number of para-hydroxylation sites is 4. The van der Waals surface area contributed by atoms with Crippen LogP contribution >= 0.6 is 101 Å². The van der Waals surface area contributed by atoms with Crippen LogP contribution < -0.4 is 31.5 Å². The number of nitrogen functional groups attached to an aromatic ring is 1. The van der Waals surface area contributed by atoms with Gasteiger partial charge in [-0.15, -0.1) is 10.2 Å². The fourth-order valence-corrected chi connectivity index (χ4v) is 14.1. The molecule has 27 heteroatoms. The lowest BCUT2D eigenvalue weighted by Crippen LogP contribution is -2.15. The van der Waals surface area contributed by atoms with Crippen LogP contribution in [0, 0.1) is 0 Å². The van der Waals surface area contributed by atoms with Crippen molar-refractivity contribution in [3.63, 3.8) is 0 Å². The van der Waals surface area contributed by atoms with E-state index in [-0.39, 0.29) is 28.3 Å². The SMILES string of the molecule is CCc1cccc(Br)c1.CCc1cccc(Br)c1.CCc1cccc(C(=O)Nc2ccccc2)c1.CCc1cccc(C(=O)O)c1.CN(c1cccc(C(=O)Nc2ccccc2)c1)c1nc(Cl)nc2cc(Cl)ccc12.CN(c1cccc(C(=O)Nc2ccccc2)c1)c1nc2nncn2c2cc(Cl)ccc12.Clc1ccc2c(Cl)nc(Cl)nc2c1.Nc1ccccc1. The number of anilines is 8. The third kappa shape index (κ3) is 29.0. The van der Waals surface area contributed by atoms with Crippen LogP contribution in [0.5, 0.6) is 0 Å². The zero-order chi connectivity index (χ0) is 90.0. The summed E-state index contributed by atoms with van der Waals surface area (Å²) in [6.45, 7) is 8.39. The molecule has 0 saturated heterocycles. The Labute approximate surface area is 777 Å². The van der Waals surface area contributed by atoms with Gasteiger partial charge in [0.15, 0.2) is 0 Å². The van der Waals surface area contributed by atoms with E-state index in [4.69, 9.17) is 80.4 Å². The zero-order valence-corrected chi connectivity index (χ0v) is 76.9. The lowest BCUT2D eigenvalue weighted by atomic mass is 10.1. The van der Waals surface area contributed by atoms with Crippen LogP contribution in [0.1, 0.15) is 91.4 Å². The molecule has 17 rings (SSSR count). The van der Waals surface area contributed by atoms with Crippen molar-refractivity contribution in [3.05, 3.63) is 412 Å². The summed E-state index contributed by atoms with van der Waals surface area (Å²) in [5, 5.41) is 30.1. The number of amides is 3. The monoisotopic (exact) mass is 1920 g/mol. The van der Waals surface area contributed by atoms with Gasteiger partial charge in [0, 0.05) is 105 Å². The molecule has 0 atom stereocenters. The number of carboxylic acid groups (broad SMARTS) is 1. The van der Waals surface area contributed by atoms with Crippen LogP contribution in [0.3, 0.4) is 0 Å². The average molecular weight is 1920 g/mol. The van der Waals surface area contributed by atoms with Crippen LogP contribution in [-0.4, -0.2) is 82.4 Å². The van der Waals surface area contributed by atoms with Gasteiger partial charge in [-0.3, -0.25) is 18.8 Å². The number of nitrogens with one attached hydrogen (secondary N) is 3. The Balaban J connectivity index is 0.000000159. The number of carbonyl (C=O) groups is 4. The summed E-state index contributed by atoms with van der Waals surface area (Å²) in [4.78, 5) is 72.7. The number of hydrogen-bond donors (Lipinski definition) is 5. The zero-order valence-electron chi connectivity index (χ0n) is 69.2. The van der Waals surface area contributed by atoms with E-state index in [9.17, 15) is 19.2 Å². The number of benzene rings is 13. The Bertz CT molecular complexity index is 6460. The predicted molar refractivity (Wildman–Crippen MR) is 526 cm³/mol. The summed E-state index contributed by atoms with van der Waals surface area (Å²) in [6, 6.07) is 99.9. The smallest absolute Gasteiger partial charge is 0.335 e. The molecule has 19 nitrogen and oxygen atoms in total. The van der Waals surface area contributed by atoms with Gasteiger partial charge in [0.25, 0.3) is 23.5 Å². The molecule has 638 valence electrons. The molecule has 0 fully saturated rings. The maximum absolute atomic E-state index is 12.7. The molecular weight excluding hydrogens is 1840 g/mol. The minimum atomic E-state index is -0.861. The molecule has 0 bridgehead atoms. The van der Waals surface area contributed by atoms with E-state index in [2.05, 4.69) is 140 Å². The molecular formula is C99H86Br2Cl6N14O5. The van der Waals surface area contributed by atoms with Crippen LogP contribution in [-0.2, 0) is 25.7 Å². The van der Waals surface area contributed by atoms with Crippen molar-refractivity contribution in [1.82, 2.24) is 39.5 Å². The second kappa shape index (κ2) is 48.6. The molecule has 6 N–H and O–H groups in total. The first-order valence-corrected chi connectivity index (χ1v) is 43.4. The van der Waals surface area contributed by atoms with Crippen molar-refractivity contribution < 1.29 is 24.3 Å². The molecule has 4 heterocycles. The van der Waals surface area contributed by atoms with E-state index < -0.39 is 5.97 Å². The molecule has 4 aromatic heterocycles. The molecule has 0 aliphatic heterocycles. The van der Waals surface area contributed by atoms with Crippen molar-refractivity contribution in [1.29, 1.82) is 0 Å². The van der Waals surface area contributed by atoms with E-state index in [1.165, 1.54) is 25.6 Å². The maximum atomic E-state index is 12.7. The highest BCUT2D eigenvalue weighted by Gasteiger charge is 2.19. The maximum Gasteiger partial charge on any atom is 0.335 e. The highest BCUT2D eigenvalue weighted by Crippen LogP contribution is 2.35. The molecule has 17 aromatic rings. The normalized spacial score (nSPS) is 10.3. The third-order valence-corrected chi connectivity index (χ3v) is 21.0. The standard InChI is InChI=1S/C23H17ClN6O.C22H16Cl2N4O.C15H15NO.C9H10O2.2C8H9Br.C8H3Cl3N2.C6H7N/c1-29(18-9-5-6-15(12-18)22(31)26-17-7-3-2-4-8-17)21-19-11-10-16(24)13-20(19)30-14-25-28-23(30)27-21;1-28(20-18-11-10-15(23)13-19(18)26-22(24)27-20)17-9-5-6-14(12-17)21(29)25-16-7-3-2-4-8-16;1-2-12-7-6-8-13(11-12)15(17)16-14-9-4-3-5-10-14;1-2-7-4-3-5-8(6-7)9(10)11;2*1-2-7-4-3-5-8(9)6-7;9-4-1-2-5-6(3-4)12-8(11)13-7(5)10;7-6-4-2-1-3-5-6/h2-14H,1H3,(H,26,31);2-13H,1H3,(H,25,29);3-11H,2H2,1H3,(H,16,17);3-6H,2H2,1H3,(H,10,11);2*3-6H,2H2,1H3;1-3H;1-5H,7H2. The summed E-state index contributed by atoms with van der Waals surface area (Å²) in [5.74, 6) is 0.481. The van der Waals surface area contributed by atoms with E-state index in [0.29, 0.717) is 70.9 Å². The van der Waals surface area contributed by atoms with E-state index in [1.807, 2.05) is 249 Å². The van der Waals surface area contributed by atoms with Gasteiger partial charge in [0.2, 0.25) is 10.6 Å². The second-order valence-corrected chi connectivity index (χ2v) is 31.7. The van der Waals surface area contributed by atoms with Gasteiger partial charge in [-0.2, -0.15) is 9.97 Å². The van der Waals surface area contributed by atoms with Gasteiger partial charge in [0.1, 0.15) is 23.1 Å². The van der Waals surface area contributed by atoms with E-state index in [0.717, 1.165) is 87.0 Å². The van der Waals surface area contributed by atoms with Crippen molar-refractivity contribution in [2.75, 3.05) is 45.6 Å². The minimum absolute atomic E-state index is 0.0634. The topological polar surface area (TPSA) is 252 Å². The Kier molecular flexibility index (Phi) is 36.8. The molecule has 126 heavy (non-hydrogen) atoms. The highest BCUT2D eigenvalue weighted by atomic mass is 79.9. The second-order valence-electron chi connectivity index (χ2n) is 27.5. The average Bonchev–Trinajstić information content (AvgIpc) is 1.61. The van der Waals surface area contributed by atoms with Crippen molar-refractivity contribution in [3.8, 4) is 0 Å². The molecule has 0 saturated carbocycles. The van der Waals surface area contributed by atoms with Crippen molar-refractivity contribution >= 4 is 209 Å². The Morgan fingerprint density at radius 2 is 0.746 bits per heavy atom. The van der Waals surface area contributed by atoms with E-state index >= 15 is 0 Å². The molecule has 0 spiro atoms. The number of carbonyl (C=O) groups excluding carboxylic acids is 3. The number of rotatable bonds is 15. The van der Waals surface area contributed by atoms with Crippen LogP contribution in [0.25, 0.3) is 38.5 Å². The number of aryl methyl sites for hydroxylation is 4. The number of carboxylic acids is 1. The highest BCUT2D eigenvalue weighted by molar-refractivity contribution is 9.10. The van der Waals surface area contributed by atoms with Gasteiger partial charge >= 0.3 is 5.97 Å². The summed E-state index contributed by atoms with van der Waals surface area (Å²) >= 11 is 42.5. The Hall–Kier alpha value is -12.7. The lowest BCUT2D eigenvalue weighted by Gasteiger charge is -2.21. The molecule has 0 unspecified atom stereocenters. The van der Waals surface area contributed by atoms with Crippen LogP contribution in [0.15, 0.2) is 337 Å². The van der Waals surface area contributed by atoms with Crippen molar-refractivity contribution in [2.45, 2.75) is 53.4 Å². The first-order valence-electron chi connectivity index (χ1n) is 39.5. The van der Waals surface area contributed by atoms with Crippen LogP contribution in [0.2, 0.25) is 30.8 Å². The number of nitrogens with two attached hydrogens (primary N) is 1. The van der Waals surface area contributed by atoms with Gasteiger partial charge in [-0.05, 0) is 259 Å². The van der Waals surface area contributed by atoms with Gasteiger partial charge in [-0.25, -0.2) is 19.7 Å². The molecule has 13 aromatic carbocycles. The number of fused-ring (bicyclic) bond motifs is 5. The van der Waals surface area contributed by atoms with Crippen LogP contribution in [0.4, 0.5) is 45.8 Å². The number of halogens is 8. The number of aromatic carboxylic acids is 1. The molecule has 0 radical (unpaired) electrons. The number of nitrogens with zero attached hydrogens (tertiary/aromatic N) is 10. The summed E-state index contributed by atoms with van der Waals surface area (Å²) < 4.78 is 4.13. The molecule has 3 amide bonds. The first kappa shape index (κ1) is 95.6. The summed E-state index contributed by atoms with van der Waals surface area (Å²) in [5.41, 5.74) is 19.4. The number of hydrogen-bond acceptors (Lipinski definition) is 14. The van der Waals surface area contributed by atoms with Gasteiger partial charge in [-0.1, -0.05) is 239 Å². The molecule has 0 aliphatic rings. The predicted octanol–water partition coefficient (Wildman–Crippen LogP) is 27.2. The Morgan fingerprint density at radius 3 is 1.17 bits per heavy atom. The fraction of sp³-hybridized carbons (Fsp3) is 0.101. The Morgan fingerprint density at radius 1 is 0.381 bits per heavy atom. The largest absolute Gasteiger partial charge is 0.478 e. The van der Waals surface area contributed by atoms with E-state index in [1.54, 1.807) is 77.5 Å². The van der Waals surface area contributed by atoms with Gasteiger partial charge in [0.05, 0.1) is 22.1 Å². The van der Waals surface area contributed by atoms with Crippen molar-refractivity contribution in [2.24, 2.45) is 0 Å².